The second-order valence-corrected chi connectivity index (χ2v) is 8.50. The van der Waals surface area contributed by atoms with Gasteiger partial charge < -0.3 is 24.5 Å². The van der Waals surface area contributed by atoms with Crippen LogP contribution in [0.25, 0.3) is 11.1 Å². The molecule has 1 aliphatic rings. The van der Waals surface area contributed by atoms with E-state index in [4.69, 9.17) is 9.15 Å². The number of benzene rings is 2. The Morgan fingerprint density at radius 2 is 2.14 bits per heavy atom. The summed E-state index contributed by atoms with van der Waals surface area (Å²) in [5.74, 6) is 0.436. The molecule has 0 aliphatic carbocycles. The number of hydrogen-bond acceptors (Lipinski definition) is 7. The largest absolute Gasteiger partial charge is 0.496 e. The lowest BCUT2D eigenvalue weighted by molar-refractivity contribution is 0.0715. The van der Waals surface area contributed by atoms with Crippen molar-refractivity contribution in [3.8, 4) is 16.9 Å². The van der Waals surface area contributed by atoms with E-state index in [1.165, 1.54) is 12.5 Å². The Balaban J connectivity index is 1.37. The van der Waals surface area contributed by atoms with E-state index in [0.717, 1.165) is 16.7 Å². The molecule has 3 heterocycles. The van der Waals surface area contributed by atoms with Gasteiger partial charge in [-0.25, -0.2) is 4.98 Å². The summed E-state index contributed by atoms with van der Waals surface area (Å²) in [6.07, 6.45) is 6.09. The fraction of sp³-hybridized carbons (Fsp3) is 0.231. The molecule has 184 valence electrons. The van der Waals surface area contributed by atoms with Crippen molar-refractivity contribution in [2.75, 3.05) is 13.7 Å². The molecule has 2 atom stereocenters. The predicted molar refractivity (Wildman–Crippen MR) is 129 cm³/mol. The molecule has 2 unspecified atom stereocenters. The minimum Gasteiger partial charge on any atom is -0.496 e. The molecule has 10 heteroatoms. The summed E-state index contributed by atoms with van der Waals surface area (Å²) in [5, 5.41) is 20.0. The molecule has 2 aromatic carbocycles. The molecule has 5 rings (SSSR count). The van der Waals surface area contributed by atoms with Crippen LogP contribution in [-0.4, -0.2) is 56.8 Å². The molecule has 1 fully saturated rings. The number of β-amino-alcohol motifs (C(OH)–C–C–N with tert-alkyl or cyclic N) is 1. The Labute approximate surface area is 206 Å². The number of nitrogens with one attached hydrogen (secondary N) is 2. The Bertz CT molecular complexity index is 1350. The molecular weight excluding hydrogens is 462 g/mol. The number of ether oxygens (including phenoxy) is 1. The van der Waals surface area contributed by atoms with Gasteiger partial charge in [0.2, 0.25) is 5.89 Å². The van der Waals surface area contributed by atoms with Gasteiger partial charge in [0.05, 0.1) is 38.2 Å². The molecule has 1 saturated heterocycles. The zero-order valence-electron chi connectivity index (χ0n) is 19.5. The monoisotopic (exact) mass is 487 g/mol. The number of rotatable bonds is 7. The third-order valence-corrected chi connectivity index (χ3v) is 6.21. The van der Waals surface area contributed by atoms with Gasteiger partial charge >= 0.3 is 0 Å². The minimum atomic E-state index is -0.673. The molecule has 3 N–H and O–H groups in total. The fourth-order valence-corrected chi connectivity index (χ4v) is 4.47. The lowest BCUT2D eigenvalue weighted by atomic mass is 10.00. The highest BCUT2D eigenvalue weighted by molar-refractivity contribution is 5.96. The Morgan fingerprint density at radius 3 is 2.89 bits per heavy atom. The van der Waals surface area contributed by atoms with Gasteiger partial charge in [-0.05, 0) is 42.3 Å². The van der Waals surface area contributed by atoms with Crippen LogP contribution in [0.1, 0.15) is 44.6 Å². The number of H-pyrrole nitrogens is 1. The van der Waals surface area contributed by atoms with E-state index in [1.54, 1.807) is 54.7 Å². The first-order valence-electron chi connectivity index (χ1n) is 11.5. The zero-order chi connectivity index (χ0) is 25.1. The average molecular weight is 488 g/mol. The smallest absolute Gasteiger partial charge is 0.254 e. The molecule has 2 amide bonds. The van der Waals surface area contributed by atoms with Crippen LogP contribution in [0.5, 0.6) is 5.75 Å². The molecule has 0 saturated carbocycles. The first-order valence-corrected chi connectivity index (χ1v) is 11.5. The summed E-state index contributed by atoms with van der Waals surface area (Å²) < 4.78 is 10.7. The van der Waals surface area contributed by atoms with Crippen LogP contribution in [0.3, 0.4) is 0 Å². The molecule has 36 heavy (non-hydrogen) atoms. The van der Waals surface area contributed by atoms with Gasteiger partial charge in [-0.1, -0.05) is 12.1 Å². The van der Waals surface area contributed by atoms with E-state index < -0.39 is 6.10 Å². The van der Waals surface area contributed by atoms with E-state index >= 15 is 0 Å². The quantitative estimate of drug-likeness (QED) is 0.365. The van der Waals surface area contributed by atoms with E-state index in [9.17, 15) is 14.7 Å². The third kappa shape index (κ3) is 4.71. The predicted octanol–water partition coefficient (Wildman–Crippen LogP) is 2.95. The standard InChI is InChI=1S/C26H25N5O5/c1-35-23-10-18(5-6-21(23)19-12-29-30-13-19)26(34)31-15-20(32)11-22(31)16-3-2-4-17(9-16)25(33)28-14-24-27-7-8-36-24/h2-10,12-13,20,22,32H,11,14-15H2,1H3,(H,28,33)(H,29,30). The molecular formula is C26H25N5O5. The van der Waals surface area contributed by atoms with Gasteiger partial charge in [-0.3, -0.25) is 14.7 Å². The fourth-order valence-electron chi connectivity index (χ4n) is 4.47. The highest BCUT2D eigenvalue weighted by Crippen LogP contribution is 2.36. The van der Waals surface area contributed by atoms with Gasteiger partial charge in [0, 0.05) is 35.0 Å². The number of aliphatic hydroxyl groups excluding tert-OH is 1. The van der Waals surface area contributed by atoms with E-state index in [2.05, 4.69) is 20.5 Å². The number of aliphatic hydroxyl groups is 1. The number of likely N-dealkylation sites (tertiary alicyclic amines) is 1. The van der Waals surface area contributed by atoms with Gasteiger partial charge in [0.25, 0.3) is 11.8 Å². The second kappa shape index (κ2) is 10.0. The Hall–Kier alpha value is -4.44. The highest BCUT2D eigenvalue weighted by Gasteiger charge is 2.36. The Kier molecular flexibility index (Phi) is 6.50. The van der Waals surface area contributed by atoms with Gasteiger partial charge in [-0.2, -0.15) is 5.10 Å². The van der Waals surface area contributed by atoms with Gasteiger partial charge in [0.1, 0.15) is 12.0 Å². The van der Waals surface area contributed by atoms with E-state index in [1.807, 2.05) is 12.1 Å². The summed E-state index contributed by atoms with van der Waals surface area (Å²) in [6, 6.07) is 11.9. The van der Waals surface area contributed by atoms with Crippen LogP contribution in [0.15, 0.2) is 71.7 Å². The van der Waals surface area contributed by atoms with Crippen molar-refractivity contribution in [1.29, 1.82) is 0 Å². The van der Waals surface area contributed by atoms with Crippen molar-refractivity contribution in [2.24, 2.45) is 0 Å². The average Bonchev–Trinajstić information content (AvgIpc) is 3.69. The molecule has 0 spiro atoms. The maximum atomic E-state index is 13.5. The van der Waals surface area contributed by atoms with Gasteiger partial charge in [-0.15, -0.1) is 0 Å². The number of methoxy groups -OCH3 is 1. The molecule has 1 aliphatic heterocycles. The summed E-state index contributed by atoms with van der Waals surface area (Å²) in [4.78, 5) is 31.8. The number of aromatic amines is 1. The summed E-state index contributed by atoms with van der Waals surface area (Å²) in [7, 11) is 1.55. The van der Waals surface area contributed by atoms with Crippen LogP contribution in [0, 0.1) is 0 Å². The topological polar surface area (TPSA) is 134 Å². The maximum absolute atomic E-state index is 13.5. The highest BCUT2D eigenvalue weighted by atomic mass is 16.5. The van der Waals surface area contributed by atoms with E-state index in [-0.39, 0.29) is 30.9 Å². The second-order valence-electron chi connectivity index (χ2n) is 8.50. The minimum absolute atomic E-state index is 0.166. The number of amides is 2. The van der Waals surface area contributed by atoms with Crippen LogP contribution < -0.4 is 10.1 Å². The normalized spacial score (nSPS) is 17.2. The number of nitrogens with zero attached hydrogens (tertiary/aromatic N) is 3. The van der Waals surface area contributed by atoms with Gasteiger partial charge in [0.15, 0.2) is 0 Å². The number of carbonyl (C=O) groups is 2. The molecule has 2 aromatic heterocycles. The van der Waals surface area contributed by atoms with Crippen molar-refractivity contribution in [1.82, 2.24) is 25.4 Å². The zero-order valence-corrected chi connectivity index (χ0v) is 19.5. The van der Waals surface area contributed by atoms with Crippen LogP contribution in [-0.2, 0) is 6.54 Å². The third-order valence-electron chi connectivity index (χ3n) is 6.21. The van der Waals surface area contributed by atoms with Crippen molar-refractivity contribution in [3.05, 3.63) is 89.9 Å². The van der Waals surface area contributed by atoms with Crippen molar-refractivity contribution in [3.63, 3.8) is 0 Å². The van der Waals surface area contributed by atoms with Crippen LogP contribution in [0.4, 0.5) is 0 Å². The SMILES string of the molecule is COc1cc(C(=O)N2CC(O)CC2c2cccc(C(=O)NCc3ncco3)c2)ccc1-c1cn[nH]c1. The Morgan fingerprint density at radius 1 is 1.25 bits per heavy atom. The number of hydrogen-bond donors (Lipinski definition) is 3. The molecule has 0 bridgehead atoms. The molecule has 0 radical (unpaired) electrons. The lowest BCUT2D eigenvalue weighted by Gasteiger charge is -2.25. The summed E-state index contributed by atoms with van der Waals surface area (Å²) >= 11 is 0. The van der Waals surface area contributed by atoms with Crippen LogP contribution in [0.2, 0.25) is 0 Å². The summed E-state index contributed by atoms with van der Waals surface area (Å²) in [5.41, 5.74) is 3.31. The first kappa shape index (κ1) is 23.3. The number of carbonyl (C=O) groups excluding carboxylic acids is 2. The van der Waals surface area contributed by atoms with Crippen molar-refractivity contribution < 1.29 is 23.8 Å². The molecule has 4 aromatic rings. The molecule has 10 nitrogen and oxygen atoms in total. The maximum Gasteiger partial charge on any atom is 0.254 e. The van der Waals surface area contributed by atoms with Crippen LogP contribution >= 0.6 is 0 Å². The number of oxazole rings is 1. The summed E-state index contributed by atoms with van der Waals surface area (Å²) in [6.45, 7) is 0.356. The van der Waals surface area contributed by atoms with E-state index in [0.29, 0.717) is 29.2 Å². The first-order chi connectivity index (χ1) is 17.5. The van der Waals surface area contributed by atoms with Crippen molar-refractivity contribution in [2.45, 2.75) is 25.1 Å². The number of aromatic nitrogens is 3. The lowest BCUT2D eigenvalue weighted by Crippen LogP contribution is -2.32. The van der Waals surface area contributed by atoms with Crippen molar-refractivity contribution >= 4 is 11.8 Å².